The molecular weight excluding hydrogens is 441 g/mol. The molecule has 0 radical (unpaired) electrons. The Bertz CT molecular complexity index is 1220. The van der Waals surface area contributed by atoms with E-state index < -0.39 is 10.0 Å². The van der Waals surface area contributed by atoms with Gasteiger partial charge in [-0.1, -0.05) is 35.9 Å². The maximum Gasteiger partial charge on any atom is 0.251 e. The van der Waals surface area contributed by atoms with Crippen LogP contribution in [0.15, 0.2) is 77.7 Å². The fourth-order valence-electron chi connectivity index (χ4n) is 3.78. The van der Waals surface area contributed by atoms with Crippen LogP contribution >= 0.6 is 0 Å². The van der Waals surface area contributed by atoms with Gasteiger partial charge in [0.25, 0.3) is 5.91 Å². The van der Waals surface area contributed by atoms with Gasteiger partial charge in [-0.15, -0.1) is 0 Å². The van der Waals surface area contributed by atoms with Crippen molar-refractivity contribution in [3.05, 3.63) is 95.3 Å². The standard InChI is InChI=1S/C25H26FN3O3S/c1-19-5-7-20(8-6-19)18-27-25(30)21-3-2-4-24(17-21)33(31,32)29-15-13-28(14-16-29)23-11-9-22(26)10-12-23/h2-12,17H,13-16,18H2,1H3,(H,27,30). The Balaban J connectivity index is 1.41. The number of nitrogens with one attached hydrogen (secondary N) is 1. The summed E-state index contributed by atoms with van der Waals surface area (Å²) in [6.45, 7) is 3.98. The van der Waals surface area contributed by atoms with Gasteiger partial charge < -0.3 is 10.2 Å². The SMILES string of the molecule is Cc1ccc(CNC(=O)c2cccc(S(=O)(=O)N3CCN(c4ccc(F)cc4)CC3)c2)cc1. The predicted octanol–water partition coefficient (Wildman–Crippen LogP) is 3.58. The van der Waals surface area contributed by atoms with Crippen molar-refractivity contribution in [2.24, 2.45) is 0 Å². The molecule has 1 N–H and O–H groups in total. The number of hydrogen-bond acceptors (Lipinski definition) is 4. The van der Waals surface area contributed by atoms with Crippen molar-refractivity contribution in [3.63, 3.8) is 0 Å². The highest BCUT2D eigenvalue weighted by Gasteiger charge is 2.29. The molecule has 0 atom stereocenters. The van der Waals surface area contributed by atoms with Crippen molar-refractivity contribution in [2.45, 2.75) is 18.4 Å². The van der Waals surface area contributed by atoms with Gasteiger partial charge in [-0.25, -0.2) is 12.8 Å². The molecule has 1 heterocycles. The smallest absolute Gasteiger partial charge is 0.251 e. The first-order valence-corrected chi connectivity index (χ1v) is 12.2. The van der Waals surface area contributed by atoms with Crippen molar-refractivity contribution in [3.8, 4) is 0 Å². The van der Waals surface area contributed by atoms with E-state index in [-0.39, 0.29) is 16.6 Å². The largest absolute Gasteiger partial charge is 0.369 e. The maximum absolute atomic E-state index is 13.2. The molecule has 0 aliphatic carbocycles. The Kier molecular flexibility index (Phi) is 6.76. The van der Waals surface area contributed by atoms with Crippen molar-refractivity contribution in [2.75, 3.05) is 31.1 Å². The number of carbonyl (C=O) groups excluding carboxylic acids is 1. The number of rotatable bonds is 6. The van der Waals surface area contributed by atoms with Crippen LogP contribution in [-0.4, -0.2) is 44.8 Å². The van der Waals surface area contributed by atoms with Gasteiger partial charge in [-0.05, 0) is 55.0 Å². The van der Waals surface area contributed by atoms with E-state index in [1.54, 1.807) is 24.3 Å². The lowest BCUT2D eigenvalue weighted by molar-refractivity contribution is 0.0950. The van der Waals surface area contributed by atoms with Crippen LogP contribution in [0, 0.1) is 12.7 Å². The summed E-state index contributed by atoms with van der Waals surface area (Å²) in [7, 11) is -3.74. The van der Waals surface area contributed by atoms with Gasteiger partial charge in [0.2, 0.25) is 10.0 Å². The van der Waals surface area contributed by atoms with E-state index in [1.807, 2.05) is 36.1 Å². The number of piperazine rings is 1. The topological polar surface area (TPSA) is 69.7 Å². The number of amides is 1. The van der Waals surface area contributed by atoms with Crippen LogP contribution in [0.3, 0.4) is 0 Å². The molecule has 4 rings (SSSR count). The first kappa shape index (κ1) is 22.9. The predicted molar refractivity (Wildman–Crippen MR) is 126 cm³/mol. The highest BCUT2D eigenvalue weighted by Crippen LogP contribution is 2.22. The molecule has 172 valence electrons. The van der Waals surface area contributed by atoms with E-state index in [2.05, 4.69) is 5.32 Å². The molecule has 1 aliphatic rings. The number of nitrogens with zero attached hydrogens (tertiary/aromatic N) is 2. The first-order valence-electron chi connectivity index (χ1n) is 10.8. The molecule has 0 spiro atoms. The zero-order valence-corrected chi connectivity index (χ0v) is 19.2. The van der Waals surface area contributed by atoms with Gasteiger partial charge >= 0.3 is 0 Å². The van der Waals surface area contributed by atoms with Gasteiger partial charge in [0.1, 0.15) is 5.82 Å². The van der Waals surface area contributed by atoms with Gasteiger partial charge in [0.05, 0.1) is 4.90 Å². The second-order valence-electron chi connectivity index (χ2n) is 8.06. The Labute approximate surface area is 193 Å². The van der Waals surface area contributed by atoms with Crippen LogP contribution < -0.4 is 10.2 Å². The second kappa shape index (κ2) is 9.72. The number of aryl methyl sites for hydroxylation is 1. The van der Waals surface area contributed by atoms with Crippen molar-refractivity contribution < 1.29 is 17.6 Å². The molecule has 1 aliphatic heterocycles. The summed E-state index contributed by atoms with van der Waals surface area (Å²) < 4.78 is 41.0. The highest BCUT2D eigenvalue weighted by atomic mass is 32.2. The van der Waals surface area contributed by atoms with Crippen LogP contribution in [0.5, 0.6) is 0 Å². The van der Waals surface area contributed by atoms with Crippen molar-refractivity contribution >= 4 is 21.6 Å². The summed E-state index contributed by atoms with van der Waals surface area (Å²) in [6.07, 6.45) is 0. The first-order chi connectivity index (χ1) is 15.8. The number of sulfonamides is 1. The third kappa shape index (κ3) is 5.40. The Morgan fingerprint density at radius 1 is 0.939 bits per heavy atom. The number of hydrogen-bond donors (Lipinski definition) is 1. The molecule has 6 nitrogen and oxygen atoms in total. The molecule has 1 amide bonds. The Hall–Kier alpha value is -3.23. The quantitative estimate of drug-likeness (QED) is 0.602. The summed E-state index contributed by atoms with van der Waals surface area (Å²) in [5.41, 5.74) is 3.27. The number of carbonyl (C=O) groups is 1. The normalized spacial score (nSPS) is 14.8. The number of benzene rings is 3. The highest BCUT2D eigenvalue weighted by molar-refractivity contribution is 7.89. The van der Waals surface area contributed by atoms with Gasteiger partial charge in [-0.2, -0.15) is 4.31 Å². The van der Waals surface area contributed by atoms with Crippen molar-refractivity contribution in [1.82, 2.24) is 9.62 Å². The summed E-state index contributed by atoms with van der Waals surface area (Å²) in [4.78, 5) is 14.7. The fourth-order valence-corrected chi connectivity index (χ4v) is 5.24. The zero-order valence-electron chi connectivity index (χ0n) is 18.4. The third-order valence-corrected chi connectivity index (χ3v) is 7.63. The molecular formula is C25H26FN3O3S. The molecule has 0 saturated carbocycles. The summed E-state index contributed by atoms with van der Waals surface area (Å²) >= 11 is 0. The molecule has 1 fully saturated rings. The molecule has 1 saturated heterocycles. The number of halogens is 1. The second-order valence-corrected chi connectivity index (χ2v) is 10.0. The van der Waals surface area contributed by atoms with E-state index in [0.29, 0.717) is 38.3 Å². The average molecular weight is 468 g/mol. The minimum atomic E-state index is -3.74. The minimum absolute atomic E-state index is 0.0979. The summed E-state index contributed by atoms with van der Waals surface area (Å²) in [5, 5.41) is 2.84. The molecule has 0 bridgehead atoms. The van der Waals surface area contributed by atoms with Crippen LogP contribution in [0.2, 0.25) is 0 Å². The number of anilines is 1. The van der Waals surface area contributed by atoms with Crippen LogP contribution in [0.4, 0.5) is 10.1 Å². The molecule has 3 aromatic rings. The van der Waals surface area contributed by atoms with Gasteiger partial charge in [-0.3, -0.25) is 4.79 Å². The van der Waals surface area contributed by atoms with E-state index in [1.165, 1.54) is 28.6 Å². The van der Waals surface area contributed by atoms with Crippen LogP contribution in [0.1, 0.15) is 21.5 Å². The van der Waals surface area contributed by atoms with Crippen LogP contribution in [-0.2, 0) is 16.6 Å². The fraction of sp³-hybridized carbons (Fsp3) is 0.240. The Morgan fingerprint density at radius 3 is 2.27 bits per heavy atom. The monoisotopic (exact) mass is 467 g/mol. The van der Waals surface area contributed by atoms with E-state index >= 15 is 0 Å². The average Bonchev–Trinajstić information content (AvgIpc) is 2.84. The van der Waals surface area contributed by atoms with Gasteiger partial charge in [0, 0.05) is 44.0 Å². The zero-order chi connectivity index (χ0) is 23.4. The lowest BCUT2D eigenvalue weighted by Gasteiger charge is -2.35. The Morgan fingerprint density at radius 2 is 1.61 bits per heavy atom. The lowest BCUT2D eigenvalue weighted by Crippen LogP contribution is -2.48. The van der Waals surface area contributed by atoms with E-state index in [4.69, 9.17) is 0 Å². The molecule has 3 aromatic carbocycles. The lowest BCUT2D eigenvalue weighted by atomic mass is 10.1. The van der Waals surface area contributed by atoms with Crippen LogP contribution in [0.25, 0.3) is 0 Å². The maximum atomic E-state index is 13.2. The third-order valence-electron chi connectivity index (χ3n) is 5.74. The van der Waals surface area contributed by atoms with E-state index in [0.717, 1.165) is 16.8 Å². The minimum Gasteiger partial charge on any atom is -0.369 e. The van der Waals surface area contributed by atoms with E-state index in [9.17, 15) is 17.6 Å². The summed E-state index contributed by atoms with van der Waals surface area (Å²) in [6, 6.07) is 20.2. The molecule has 8 heteroatoms. The molecule has 33 heavy (non-hydrogen) atoms. The summed E-state index contributed by atoms with van der Waals surface area (Å²) in [5.74, 6) is -0.628. The molecule has 0 aromatic heterocycles. The molecule has 0 unspecified atom stereocenters. The van der Waals surface area contributed by atoms with Gasteiger partial charge in [0.15, 0.2) is 0 Å². The van der Waals surface area contributed by atoms with Crippen molar-refractivity contribution in [1.29, 1.82) is 0 Å².